The number of aromatic nitrogens is 1. The summed E-state index contributed by atoms with van der Waals surface area (Å²) in [6.07, 6.45) is 4.07. The normalized spacial score (nSPS) is 13.2. The van der Waals surface area contributed by atoms with Gasteiger partial charge < -0.3 is 20.1 Å². The van der Waals surface area contributed by atoms with Crippen LogP contribution in [0.2, 0.25) is 0 Å². The molecule has 0 bridgehead atoms. The van der Waals surface area contributed by atoms with Gasteiger partial charge in [0, 0.05) is 22.2 Å². The molecular formula is C37H43N3O7. The van der Waals surface area contributed by atoms with E-state index in [0.29, 0.717) is 24.1 Å². The number of carbonyl (C=O) groups is 5. The smallest absolute Gasteiger partial charge is 0.339 e. The zero-order chi connectivity index (χ0) is 34.7. The van der Waals surface area contributed by atoms with Gasteiger partial charge in [-0.2, -0.15) is 0 Å². The number of pyridine rings is 1. The first kappa shape index (κ1) is 36.3. The molecule has 0 aliphatic heterocycles. The maximum Gasteiger partial charge on any atom is 0.339 e. The second-order valence-electron chi connectivity index (χ2n) is 11.4. The quantitative estimate of drug-likeness (QED) is 0.0861. The summed E-state index contributed by atoms with van der Waals surface area (Å²) in [5.74, 6) is -1.41. The van der Waals surface area contributed by atoms with Gasteiger partial charge in [0.1, 0.15) is 12.2 Å². The third kappa shape index (κ3) is 8.78. The Labute approximate surface area is 275 Å². The van der Waals surface area contributed by atoms with Crippen LogP contribution in [0.25, 0.3) is 16.5 Å². The Kier molecular flexibility index (Phi) is 12.7. The highest BCUT2D eigenvalue weighted by atomic mass is 16.6. The SMILES string of the molecule is CCc1c(/C(C)=C/C(=C(/COC=O)C(C)=O)[C@](C)(CC)OC(=O)c2ccc(NC(=O)CNC=O)cc2)nc2ccc(C)cc2c1CC. The number of hydrogen-bond acceptors (Lipinski definition) is 8. The lowest BCUT2D eigenvalue weighted by Crippen LogP contribution is -2.35. The van der Waals surface area contributed by atoms with E-state index in [1.54, 1.807) is 19.1 Å². The monoisotopic (exact) mass is 641 g/mol. The molecule has 3 rings (SSSR count). The largest absolute Gasteiger partial charge is 0.463 e. The summed E-state index contributed by atoms with van der Waals surface area (Å²) in [6, 6.07) is 12.3. The second kappa shape index (κ2) is 16.4. The fraction of sp³-hybridized carbons (Fsp3) is 0.351. The summed E-state index contributed by atoms with van der Waals surface area (Å²) in [5, 5.41) is 6.01. The zero-order valence-corrected chi connectivity index (χ0v) is 28.1. The van der Waals surface area contributed by atoms with Crippen molar-refractivity contribution in [3.8, 4) is 0 Å². The molecule has 3 aromatic rings. The van der Waals surface area contributed by atoms with Gasteiger partial charge in [0.25, 0.3) is 6.47 Å². The minimum absolute atomic E-state index is 0.190. The number of hydrogen-bond donors (Lipinski definition) is 2. The van der Waals surface area contributed by atoms with E-state index in [9.17, 15) is 24.0 Å². The Balaban J connectivity index is 2.13. The highest BCUT2D eigenvalue weighted by molar-refractivity contribution is 5.97. The van der Waals surface area contributed by atoms with Crippen molar-refractivity contribution >= 4 is 52.7 Å². The van der Waals surface area contributed by atoms with Crippen molar-refractivity contribution in [2.24, 2.45) is 0 Å². The minimum Gasteiger partial charge on any atom is -0.463 e. The molecule has 47 heavy (non-hydrogen) atoms. The Morgan fingerprint density at radius 2 is 1.64 bits per heavy atom. The van der Waals surface area contributed by atoms with E-state index < -0.39 is 17.5 Å². The number of fused-ring (bicyclic) bond motifs is 1. The number of carbonyl (C=O) groups excluding carboxylic acids is 5. The van der Waals surface area contributed by atoms with E-state index in [-0.39, 0.29) is 36.5 Å². The molecule has 2 aromatic carbocycles. The lowest BCUT2D eigenvalue weighted by molar-refractivity contribution is -0.128. The number of benzene rings is 2. The Hall–Kier alpha value is -5.12. The van der Waals surface area contributed by atoms with Crippen LogP contribution < -0.4 is 10.6 Å². The number of ketones is 1. The number of rotatable bonds is 16. The van der Waals surface area contributed by atoms with E-state index in [4.69, 9.17) is 14.5 Å². The van der Waals surface area contributed by atoms with Crippen LogP contribution in [-0.2, 0) is 41.5 Å². The molecule has 0 unspecified atom stereocenters. The first-order chi connectivity index (χ1) is 22.4. The van der Waals surface area contributed by atoms with Crippen molar-refractivity contribution in [2.45, 2.75) is 73.3 Å². The summed E-state index contributed by atoms with van der Waals surface area (Å²) in [7, 11) is 0. The molecular weight excluding hydrogens is 598 g/mol. The molecule has 10 nitrogen and oxygen atoms in total. The first-order valence-corrected chi connectivity index (χ1v) is 15.6. The van der Waals surface area contributed by atoms with Gasteiger partial charge in [-0.25, -0.2) is 9.78 Å². The number of amides is 2. The molecule has 1 atom stereocenters. The van der Waals surface area contributed by atoms with Gasteiger partial charge in [-0.05, 0) is 106 Å². The summed E-state index contributed by atoms with van der Waals surface area (Å²) in [6.45, 7) is 12.9. The topological polar surface area (TPSA) is 141 Å². The zero-order valence-electron chi connectivity index (χ0n) is 28.1. The average Bonchev–Trinajstić information content (AvgIpc) is 3.05. The van der Waals surface area contributed by atoms with Crippen molar-refractivity contribution in [1.29, 1.82) is 0 Å². The van der Waals surface area contributed by atoms with Crippen LogP contribution in [0, 0.1) is 6.92 Å². The summed E-state index contributed by atoms with van der Waals surface area (Å²) < 4.78 is 11.2. The minimum atomic E-state index is -1.31. The third-order valence-corrected chi connectivity index (χ3v) is 8.16. The van der Waals surface area contributed by atoms with Crippen molar-refractivity contribution in [3.63, 3.8) is 0 Å². The number of ether oxygens (including phenoxy) is 2. The van der Waals surface area contributed by atoms with Gasteiger partial charge >= 0.3 is 5.97 Å². The maximum absolute atomic E-state index is 13.5. The molecule has 0 saturated carbocycles. The number of esters is 1. The lowest BCUT2D eigenvalue weighted by atomic mass is 9.84. The van der Waals surface area contributed by atoms with E-state index in [1.165, 1.54) is 24.6 Å². The number of nitrogens with one attached hydrogen (secondary N) is 2. The first-order valence-electron chi connectivity index (χ1n) is 15.6. The van der Waals surface area contributed by atoms with E-state index >= 15 is 0 Å². The Morgan fingerprint density at radius 1 is 0.957 bits per heavy atom. The van der Waals surface area contributed by atoms with E-state index in [1.807, 2.05) is 32.1 Å². The molecule has 0 fully saturated rings. The molecule has 2 N–H and O–H groups in total. The molecule has 0 radical (unpaired) electrons. The number of allylic oxidation sites excluding steroid dienone is 1. The van der Waals surface area contributed by atoms with Crippen LogP contribution >= 0.6 is 0 Å². The van der Waals surface area contributed by atoms with Crippen LogP contribution in [0.5, 0.6) is 0 Å². The predicted octanol–water partition coefficient (Wildman–Crippen LogP) is 5.84. The fourth-order valence-electron chi connectivity index (χ4n) is 5.53. The van der Waals surface area contributed by atoms with Crippen LogP contribution in [0.1, 0.15) is 80.7 Å². The summed E-state index contributed by atoms with van der Waals surface area (Å²) in [5.41, 5.74) is 5.78. The van der Waals surface area contributed by atoms with Gasteiger partial charge in [-0.3, -0.25) is 19.2 Å². The maximum atomic E-state index is 13.5. The van der Waals surface area contributed by atoms with E-state index in [0.717, 1.165) is 46.1 Å². The van der Waals surface area contributed by atoms with Gasteiger partial charge in [-0.1, -0.05) is 32.4 Å². The molecule has 0 aliphatic rings. The van der Waals surface area contributed by atoms with Gasteiger partial charge in [-0.15, -0.1) is 0 Å². The predicted molar refractivity (Wildman–Crippen MR) is 182 cm³/mol. The highest BCUT2D eigenvalue weighted by Gasteiger charge is 2.35. The van der Waals surface area contributed by atoms with Crippen LogP contribution in [0.15, 0.2) is 59.7 Å². The summed E-state index contributed by atoms with van der Waals surface area (Å²) in [4.78, 5) is 65.2. The van der Waals surface area contributed by atoms with Gasteiger partial charge in [0.05, 0.1) is 23.3 Å². The number of nitrogens with zero attached hydrogens (tertiary/aromatic N) is 1. The molecule has 2 amide bonds. The fourth-order valence-corrected chi connectivity index (χ4v) is 5.53. The summed E-state index contributed by atoms with van der Waals surface area (Å²) >= 11 is 0. The van der Waals surface area contributed by atoms with Gasteiger partial charge in [0.15, 0.2) is 5.78 Å². The molecule has 0 saturated heterocycles. The molecule has 10 heteroatoms. The molecule has 1 aromatic heterocycles. The second-order valence-corrected chi connectivity index (χ2v) is 11.4. The standard InChI is InChI=1S/C37H43N3O7/c1-8-28-29(9-2)35(40-33-16-11-23(4)17-30(28)33)24(5)18-32(31(25(6)43)20-46-22-42)37(7,10-3)47-36(45)26-12-14-27(15-13-26)39-34(44)19-38-21-41/h11-18,21-22H,8-10,19-20H2,1-7H3,(H,38,41)(H,39,44)/b24-18+,32-31+/t37-/m0/s1. The number of anilines is 1. The van der Waals surface area contributed by atoms with Crippen LogP contribution in [-0.4, -0.2) is 54.3 Å². The van der Waals surface area contributed by atoms with Crippen molar-refractivity contribution in [1.82, 2.24) is 10.3 Å². The van der Waals surface area contributed by atoms with Crippen molar-refractivity contribution in [3.05, 3.63) is 87.6 Å². The number of aryl methyl sites for hydroxylation is 2. The van der Waals surface area contributed by atoms with E-state index in [2.05, 4.69) is 37.5 Å². The molecule has 0 spiro atoms. The van der Waals surface area contributed by atoms with Crippen LogP contribution in [0.4, 0.5) is 5.69 Å². The third-order valence-electron chi connectivity index (χ3n) is 8.16. The Morgan fingerprint density at radius 3 is 2.21 bits per heavy atom. The average molecular weight is 642 g/mol. The molecule has 248 valence electrons. The molecule has 0 aliphatic carbocycles. The highest BCUT2D eigenvalue weighted by Crippen LogP contribution is 2.35. The molecule has 1 heterocycles. The van der Waals surface area contributed by atoms with Crippen LogP contribution in [0.3, 0.4) is 0 Å². The Bertz CT molecular complexity index is 1720. The number of Topliss-reactive ketones (excluding diaryl/α,β-unsaturated/α-hetero) is 1. The van der Waals surface area contributed by atoms with Gasteiger partial charge in [0.2, 0.25) is 12.3 Å². The van der Waals surface area contributed by atoms with Crippen molar-refractivity contribution < 1.29 is 33.4 Å². The van der Waals surface area contributed by atoms with Crippen molar-refractivity contribution in [2.75, 3.05) is 18.5 Å². The lowest BCUT2D eigenvalue weighted by Gasteiger charge is -2.32.